The van der Waals surface area contributed by atoms with Crippen LogP contribution in [0, 0.1) is 11.5 Å². The Balaban J connectivity index is 1.03. The fourth-order valence-electron chi connectivity index (χ4n) is 12.3. The van der Waals surface area contributed by atoms with Gasteiger partial charge in [0.25, 0.3) is 0 Å². The van der Waals surface area contributed by atoms with Crippen molar-refractivity contribution in [2.75, 3.05) is 0 Å². The van der Waals surface area contributed by atoms with Gasteiger partial charge < -0.3 is 13.7 Å². The van der Waals surface area contributed by atoms with Crippen LogP contribution >= 0.6 is 0 Å². The Morgan fingerprint density at radius 2 is 0.541 bits per heavy atom. The second-order valence-corrected chi connectivity index (χ2v) is 22.9. The summed E-state index contributed by atoms with van der Waals surface area (Å²) >= 11 is 0. The average molecular weight is 956 g/mol. The Kier molecular flexibility index (Phi) is 9.50. The zero-order valence-electron chi connectivity index (χ0n) is 40.3. The molecular weight excluding hydrogens is 911 g/mol. The predicted molar refractivity (Wildman–Crippen MR) is 315 cm³/mol. The molecule has 344 valence electrons. The Bertz CT molecular complexity index is 4350. The van der Waals surface area contributed by atoms with Crippen LogP contribution in [-0.4, -0.2) is 21.8 Å². The molecule has 0 aliphatic rings. The molecule has 12 aromatic carbocycles. The SMILES string of the molecule is C(#C[Si](c1ccccc1)(c1ccccc1)c1ccccc1)c1c2ccccc2c(-n2c3ccc(-n4c5ccccc5c5ccccc54)cc3c3cc(-n4c5ccccc5c5ccccc54)ccc32)c2ccccc12. The summed E-state index contributed by atoms with van der Waals surface area (Å²) in [5, 5.41) is 15.7. The van der Waals surface area contributed by atoms with Crippen molar-refractivity contribution >= 4 is 111 Å². The van der Waals surface area contributed by atoms with E-state index in [4.69, 9.17) is 0 Å². The van der Waals surface area contributed by atoms with Crippen LogP contribution in [-0.2, 0) is 0 Å². The van der Waals surface area contributed by atoms with Gasteiger partial charge in [-0.1, -0.05) is 218 Å². The van der Waals surface area contributed by atoms with E-state index in [1.54, 1.807) is 0 Å². The van der Waals surface area contributed by atoms with Crippen molar-refractivity contribution in [1.82, 2.24) is 13.7 Å². The lowest BCUT2D eigenvalue weighted by molar-refractivity contribution is 1.17. The lowest BCUT2D eigenvalue weighted by Crippen LogP contribution is -2.66. The summed E-state index contributed by atoms with van der Waals surface area (Å²) in [6, 6.07) is 100. The van der Waals surface area contributed by atoms with E-state index in [1.807, 2.05) is 0 Å². The minimum absolute atomic E-state index is 1.04. The Labute approximate surface area is 429 Å². The zero-order chi connectivity index (χ0) is 48.7. The molecule has 0 spiro atoms. The fraction of sp³-hybridized carbons (Fsp3) is 0. The van der Waals surface area contributed by atoms with Gasteiger partial charge in [-0.2, -0.15) is 0 Å². The van der Waals surface area contributed by atoms with E-state index in [1.165, 1.54) is 69.9 Å². The van der Waals surface area contributed by atoms with Gasteiger partial charge in [0.15, 0.2) is 0 Å². The minimum Gasteiger partial charge on any atom is -0.309 e. The molecule has 0 radical (unpaired) electrons. The third-order valence-corrected chi connectivity index (χ3v) is 19.6. The molecule has 0 atom stereocenters. The topological polar surface area (TPSA) is 14.8 Å². The van der Waals surface area contributed by atoms with Gasteiger partial charge in [0.1, 0.15) is 0 Å². The first kappa shape index (κ1) is 42.1. The Morgan fingerprint density at radius 3 is 0.905 bits per heavy atom. The fourth-order valence-corrected chi connectivity index (χ4v) is 16.2. The predicted octanol–water partition coefficient (Wildman–Crippen LogP) is 15.3. The third-order valence-electron chi connectivity index (χ3n) is 15.5. The third kappa shape index (κ3) is 6.21. The van der Waals surface area contributed by atoms with Gasteiger partial charge in [-0.3, -0.25) is 0 Å². The van der Waals surface area contributed by atoms with E-state index in [-0.39, 0.29) is 0 Å². The summed E-state index contributed by atoms with van der Waals surface area (Å²) in [5.74, 6) is 4.02. The van der Waals surface area contributed by atoms with Crippen molar-refractivity contribution in [3.63, 3.8) is 0 Å². The molecule has 4 heteroatoms. The highest BCUT2D eigenvalue weighted by atomic mass is 28.3. The number of rotatable bonds is 6. The molecule has 0 aliphatic carbocycles. The standard InChI is InChI=1S/C70H45N3Si/c1-4-22-50(23-5-1)74(51-24-6-2-7-25-51,52-26-8-3-9-27-52)45-44-55-53-28-10-12-34-60(53)70(61-35-13-11-29-54(55)61)73-68-42-40-48(71-64-36-18-14-30-56(64)57-31-15-19-37-65(57)71)46-62(68)63-47-49(41-43-69(63)73)72-66-38-20-16-32-58(66)59-33-17-21-39-67(59)72/h1-43,46-47H. The minimum atomic E-state index is -2.92. The highest BCUT2D eigenvalue weighted by Gasteiger charge is 2.38. The molecule has 3 aromatic heterocycles. The Morgan fingerprint density at radius 1 is 0.243 bits per heavy atom. The van der Waals surface area contributed by atoms with E-state index in [2.05, 4.69) is 298 Å². The van der Waals surface area contributed by atoms with Crippen molar-refractivity contribution in [1.29, 1.82) is 0 Å². The van der Waals surface area contributed by atoms with Crippen LogP contribution in [0.25, 0.3) is 104 Å². The molecule has 0 bridgehead atoms. The molecule has 15 rings (SSSR count). The molecule has 74 heavy (non-hydrogen) atoms. The molecule has 3 nitrogen and oxygen atoms in total. The first-order chi connectivity index (χ1) is 36.7. The van der Waals surface area contributed by atoms with E-state index >= 15 is 0 Å². The number of aromatic nitrogens is 3. The molecule has 0 aliphatic heterocycles. The van der Waals surface area contributed by atoms with E-state index in [0.717, 1.165) is 55.2 Å². The molecular formula is C70H45N3Si. The number of para-hydroxylation sites is 4. The van der Waals surface area contributed by atoms with Crippen molar-refractivity contribution in [2.45, 2.75) is 0 Å². The van der Waals surface area contributed by atoms with Gasteiger partial charge in [-0.05, 0) is 76.2 Å². The van der Waals surface area contributed by atoms with Crippen LogP contribution in [0.5, 0.6) is 0 Å². The summed E-state index contributed by atoms with van der Waals surface area (Å²) in [5.41, 5.74) is 15.6. The van der Waals surface area contributed by atoms with Gasteiger partial charge in [0, 0.05) is 70.8 Å². The highest BCUT2D eigenvalue weighted by Crippen LogP contribution is 2.43. The van der Waals surface area contributed by atoms with Crippen molar-refractivity contribution < 1.29 is 0 Å². The molecule has 0 N–H and O–H groups in total. The number of fused-ring (bicyclic) bond motifs is 11. The molecule has 0 fully saturated rings. The van der Waals surface area contributed by atoms with E-state index < -0.39 is 8.07 Å². The number of nitrogens with zero attached hydrogens (tertiary/aromatic N) is 3. The second-order valence-electron chi connectivity index (χ2n) is 19.4. The summed E-state index contributed by atoms with van der Waals surface area (Å²) in [7, 11) is -2.92. The van der Waals surface area contributed by atoms with Gasteiger partial charge in [-0.15, -0.1) is 5.54 Å². The molecule has 3 heterocycles. The van der Waals surface area contributed by atoms with E-state index in [9.17, 15) is 0 Å². The number of hydrogen-bond donors (Lipinski definition) is 0. The summed E-state index contributed by atoms with van der Waals surface area (Å²) in [6.07, 6.45) is 0. The summed E-state index contributed by atoms with van der Waals surface area (Å²) in [4.78, 5) is 0. The largest absolute Gasteiger partial charge is 0.309 e. The molecule has 0 unspecified atom stereocenters. The van der Waals surface area contributed by atoms with Crippen LogP contribution in [0.1, 0.15) is 5.56 Å². The van der Waals surface area contributed by atoms with Crippen LogP contribution in [0.4, 0.5) is 0 Å². The lowest BCUT2D eigenvalue weighted by Gasteiger charge is -2.28. The maximum absolute atomic E-state index is 4.16. The summed E-state index contributed by atoms with van der Waals surface area (Å²) < 4.78 is 7.41. The molecule has 0 saturated carbocycles. The van der Waals surface area contributed by atoms with Crippen LogP contribution < -0.4 is 15.6 Å². The smallest absolute Gasteiger partial charge is 0.230 e. The van der Waals surface area contributed by atoms with Gasteiger partial charge >= 0.3 is 0 Å². The van der Waals surface area contributed by atoms with Gasteiger partial charge in [0.05, 0.1) is 38.8 Å². The molecule has 0 saturated heterocycles. The van der Waals surface area contributed by atoms with Crippen molar-refractivity contribution in [2.24, 2.45) is 0 Å². The maximum atomic E-state index is 4.16. The maximum Gasteiger partial charge on any atom is 0.230 e. The zero-order valence-corrected chi connectivity index (χ0v) is 41.3. The summed E-state index contributed by atoms with van der Waals surface area (Å²) in [6.45, 7) is 0. The molecule has 0 amide bonds. The van der Waals surface area contributed by atoms with Crippen molar-refractivity contribution in [3.8, 4) is 28.5 Å². The van der Waals surface area contributed by atoms with Crippen LogP contribution in [0.2, 0.25) is 0 Å². The lowest BCUT2D eigenvalue weighted by atomic mass is 9.95. The normalized spacial score (nSPS) is 11.9. The Hall–Kier alpha value is -9.66. The second kappa shape index (κ2) is 16.7. The number of hydrogen-bond acceptors (Lipinski definition) is 0. The quantitative estimate of drug-likeness (QED) is 0.0683. The highest BCUT2D eigenvalue weighted by molar-refractivity contribution is 7.16. The van der Waals surface area contributed by atoms with Crippen molar-refractivity contribution in [3.05, 3.63) is 279 Å². The first-order valence-corrected chi connectivity index (χ1v) is 27.4. The van der Waals surface area contributed by atoms with Crippen LogP contribution in [0.3, 0.4) is 0 Å². The monoisotopic (exact) mass is 955 g/mol. The van der Waals surface area contributed by atoms with Crippen LogP contribution in [0.15, 0.2) is 273 Å². The van der Waals surface area contributed by atoms with Gasteiger partial charge in [-0.25, -0.2) is 0 Å². The van der Waals surface area contributed by atoms with E-state index in [0.29, 0.717) is 0 Å². The number of benzene rings is 12. The van der Waals surface area contributed by atoms with Gasteiger partial charge in [0.2, 0.25) is 8.07 Å². The first-order valence-electron chi connectivity index (χ1n) is 25.4. The molecule has 15 aromatic rings. The average Bonchev–Trinajstić information content (AvgIpc) is 4.12.